The molecule has 0 heterocycles. The van der Waals surface area contributed by atoms with Crippen LogP contribution >= 0.6 is 0 Å². The van der Waals surface area contributed by atoms with Gasteiger partial charge in [0, 0.05) is 12.5 Å². The molecular weight excluding hydrogens is 104 g/mol. The lowest BCUT2D eigenvalue weighted by Crippen LogP contribution is -2.28. The number of amides is 1. The van der Waals surface area contributed by atoms with Gasteiger partial charge in [-0.2, -0.15) is 0 Å². The van der Waals surface area contributed by atoms with Gasteiger partial charge in [-0.25, -0.2) is 0 Å². The summed E-state index contributed by atoms with van der Waals surface area (Å²) in [5.74, 6) is -0.306. The molecule has 1 amide bonds. The van der Waals surface area contributed by atoms with Crippen LogP contribution in [0.1, 0.15) is 6.92 Å². The second-order valence-electron chi connectivity index (χ2n) is 1.86. The Kier molecular flexibility index (Phi) is 3.19. The molecule has 0 saturated heterocycles. The summed E-state index contributed by atoms with van der Waals surface area (Å²) < 4.78 is 0. The van der Waals surface area contributed by atoms with E-state index in [2.05, 4.69) is 5.32 Å². The molecule has 0 aromatic rings. The van der Waals surface area contributed by atoms with Crippen LogP contribution in [-0.4, -0.2) is 19.5 Å². The molecule has 0 fully saturated rings. The van der Waals surface area contributed by atoms with Crippen molar-refractivity contribution in [2.45, 2.75) is 6.92 Å². The van der Waals surface area contributed by atoms with Gasteiger partial charge >= 0.3 is 0 Å². The van der Waals surface area contributed by atoms with Gasteiger partial charge in [0.1, 0.15) is 0 Å². The minimum atomic E-state index is -0.251. The molecule has 3 nitrogen and oxygen atoms in total. The zero-order valence-electron chi connectivity index (χ0n) is 5.27. The van der Waals surface area contributed by atoms with E-state index in [0.717, 1.165) is 0 Å². The van der Waals surface area contributed by atoms with E-state index in [0.29, 0.717) is 6.54 Å². The van der Waals surface area contributed by atoms with Gasteiger partial charge in [0.2, 0.25) is 5.91 Å². The highest BCUT2D eigenvalue weighted by Gasteiger charge is 2.04. The fraction of sp³-hybridized carbons (Fsp3) is 0.800. The van der Waals surface area contributed by atoms with Crippen molar-refractivity contribution in [1.29, 1.82) is 0 Å². The number of primary amides is 1. The van der Waals surface area contributed by atoms with Gasteiger partial charge in [-0.1, -0.05) is 6.92 Å². The fourth-order valence-electron chi connectivity index (χ4n) is 0.407. The lowest BCUT2D eigenvalue weighted by atomic mass is 10.2. The van der Waals surface area contributed by atoms with Crippen LogP contribution in [0.3, 0.4) is 0 Å². The highest BCUT2D eigenvalue weighted by Crippen LogP contribution is 1.86. The number of hydrogen-bond donors (Lipinski definition) is 2. The summed E-state index contributed by atoms with van der Waals surface area (Å²) >= 11 is 0. The maximum atomic E-state index is 10.3. The van der Waals surface area contributed by atoms with E-state index in [1.807, 2.05) is 0 Å². The SMILES string of the molecule is CNCC(C)C(N)=O. The number of carbonyl (C=O) groups is 1. The van der Waals surface area contributed by atoms with E-state index in [1.54, 1.807) is 14.0 Å². The Morgan fingerprint density at radius 3 is 2.50 bits per heavy atom. The van der Waals surface area contributed by atoms with E-state index in [9.17, 15) is 4.79 Å². The van der Waals surface area contributed by atoms with Crippen molar-refractivity contribution in [2.75, 3.05) is 13.6 Å². The van der Waals surface area contributed by atoms with E-state index in [4.69, 9.17) is 5.73 Å². The zero-order valence-corrected chi connectivity index (χ0v) is 5.27. The van der Waals surface area contributed by atoms with E-state index in [-0.39, 0.29) is 11.8 Å². The van der Waals surface area contributed by atoms with E-state index >= 15 is 0 Å². The van der Waals surface area contributed by atoms with Gasteiger partial charge in [-0.15, -0.1) is 0 Å². The number of nitrogens with two attached hydrogens (primary N) is 1. The Balaban J connectivity index is 3.32. The van der Waals surface area contributed by atoms with Crippen LogP contribution in [0.15, 0.2) is 0 Å². The molecule has 0 bridgehead atoms. The van der Waals surface area contributed by atoms with Crippen molar-refractivity contribution < 1.29 is 4.79 Å². The lowest BCUT2D eigenvalue weighted by Gasteiger charge is -2.02. The molecule has 3 N–H and O–H groups in total. The summed E-state index contributed by atoms with van der Waals surface area (Å²) in [6, 6.07) is 0. The average molecular weight is 116 g/mol. The molecule has 0 rings (SSSR count). The van der Waals surface area contributed by atoms with Gasteiger partial charge in [0.05, 0.1) is 0 Å². The Morgan fingerprint density at radius 1 is 1.88 bits per heavy atom. The van der Waals surface area contributed by atoms with Crippen molar-refractivity contribution in [2.24, 2.45) is 11.7 Å². The Labute approximate surface area is 49.3 Å². The number of carbonyl (C=O) groups excluding carboxylic acids is 1. The van der Waals surface area contributed by atoms with Crippen LogP contribution in [0.5, 0.6) is 0 Å². The molecule has 0 aliphatic carbocycles. The standard InChI is InChI=1S/C5H12N2O/c1-4(3-7-2)5(6)8/h4,7H,3H2,1-2H3,(H2,6,8). The van der Waals surface area contributed by atoms with Crippen LogP contribution < -0.4 is 11.1 Å². The molecule has 0 aliphatic rings. The number of nitrogens with one attached hydrogen (secondary N) is 1. The smallest absolute Gasteiger partial charge is 0.221 e. The first-order chi connectivity index (χ1) is 3.68. The summed E-state index contributed by atoms with van der Waals surface area (Å²) in [5, 5.41) is 2.85. The fourth-order valence-corrected chi connectivity index (χ4v) is 0.407. The largest absolute Gasteiger partial charge is 0.369 e. The Bertz CT molecular complexity index is 82.5. The highest BCUT2D eigenvalue weighted by molar-refractivity contribution is 5.76. The number of rotatable bonds is 3. The molecule has 0 radical (unpaired) electrons. The molecule has 8 heavy (non-hydrogen) atoms. The monoisotopic (exact) mass is 116 g/mol. The number of hydrogen-bond acceptors (Lipinski definition) is 2. The van der Waals surface area contributed by atoms with Gasteiger partial charge in [-0.05, 0) is 7.05 Å². The van der Waals surface area contributed by atoms with E-state index in [1.165, 1.54) is 0 Å². The average Bonchev–Trinajstić information content (AvgIpc) is 1.67. The second-order valence-corrected chi connectivity index (χ2v) is 1.86. The minimum Gasteiger partial charge on any atom is -0.369 e. The highest BCUT2D eigenvalue weighted by atomic mass is 16.1. The van der Waals surface area contributed by atoms with Crippen LogP contribution in [0.25, 0.3) is 0 Å². The second kappa shape index (κ2) is 3.43. The summed E-state index contributed by atoms with van der Waals surface area (Å²) in [4.78, 5) is 10.3. The maximum absolute atomic E-state index is 10.3. The van der Waals surface area contributed by atoms with Crippen molar-refractivity contribution in [3.63, 3.8) is 0 Å². The van der Waals surface area contributed by atoms with Crippen molar-refractivity contribution in [3.8, 4) is 0 Å². The summed E-state index contributed by atoms with van der Waals surface area (Å²) in [7, 11) is 1.79. The molecule has 1 unspecified atom stereocenters. The molecule has 0 spiro atoms. The van der Waals surface area contributed by atoms with Crippen LogP contribution in [0, 0.1) is 5.92 Å². The first-order valence-electron chi connectivity index (χ1n) is 2.62. The van der Waals surface area contributed by atoms with Crippen molar-refractivity contribution >= 4 is 5.91 Å². The van der Waals surface area contributed by atoms with Crippen LogP contribution in [0.2, 0.25) is 0 Å². The molecule has 3 heteroatoms. The Hall–Kier alpha value is -0.570. The summed E-state index contributed by atoms with van der Waals surface area (Å²) in [6.07, 6.45) is 0. The predicted octanol–water partition coefficient (Wildman–Crippen LogP) is -0.673. The van der Waals surface area contributed by atoms with Gasteiger partial charge in [0.25, 0.3) is 0 Å². The first-order valence-corrected chi connectivity index (χ1v) is 2.62. The maximum Gasteiger partial charge on any atom is 0.221 e. The lowest BCUT2D eigenvalue weighted by molar-refractivity contribution is -0.121. The van der Waals surface area contributed by atoms with Gasteiger partial charge < -0.3 is 11.1 Å². The third-order valence-electron chi connectivity index (χ3n) is 0.996. The predicted molar refractivity (Wildman–Crippen MR) is 32.3 cm³/mol. The third kappa shape index (κ3) is 2.58. The van der Waals surface area contributed by atoms with Crippen molar-refractivity contribution in [1.82, 2.24) is 5.32 Å². The first kappa shape index (κ1) is 7.43. The molecule has 0 saturated carbocycles. The summed E-state index contributed by atoms with van der Waals surface area (Å²) in [5.41, 5.74) is 4.94. The molecule has 0 aliphatic heterocycles. The van der Waals surface area contributed by atoms with Gasteiger partial charge in [-0.3, -0.25) is 4.79 Å². The van der Waals surface area contributed by atoms with Crippen LogP contribution in [0.4, 0.5) is 0 Å². The van der Waals surface area contributed by atoms with Crippen molar-refractivity contribution in [3.05, 3.63) is 0 Å². The normalized spacial score (nSPS) is 13.2. The molecule has 1 atom stereocenters. The molecule has 0 aromatic carbocycles. The molecular formula is C5H12N2O. The minimum absolute atomic E-state index is 0.0556. The Morgan fingerprint density at radius 2 is 2.38 bits per heavy atom. The topological polar surface area (TPSA) is 55.1 Å². The van der Waals surface area contributed by atoms with E-state index < -0.39 is 0 Å². The third-order valence-corrected chi connectivity index (χ3v) is 0.996. The van der Waals surface area contributed by atoms with Crippen LogP contribution in [-0.2, 0) is 4.79 Å². The molecule has 48 valence electrons. The van der Waals surface area contributed by atoms with Gasteiger partial charge in [0.15, 0.2) is 0 Å². The molecule has 0 aromatic heterocycles. The summed E-state index contributed by atoms with van der Waals surface area (Å²) in [6.45, 7) is 2.45. The quantitative estimate of drug-likeness (QED) is 0.513. The zero-order chi connectivity index (χ0) is 6.57.